The van der Waals surface area contributed by atoms with E-state index in [9.17, 15) is 22.0 Å². The highest BCUT2D eigenvalue weighted by Crippen LogP contribution is 2.30. The lowest BCUT2D eigenvalue weighted by molar-refractivity contribution is -0.0514. The van der Waals surface area contributed by atoms with Gasteiger partial charge < -0.3 is 14.4 Å². The Bertz CT molecular complexity index is 967. The summed E-state index contributed by atoms with van der Waals surface area (Å²) < 4.78 is 58.5. The number of halogens is 2. The van der Waals surface area contributed by atoms with Crippen molar-refractivity contribution in [2.24, 2.45) is 0 Å². The first kappa shape index (κ1) is 23.5. The number of hydrogen-bond acceptors (Lipinski definition) is 6. The second-order valence-corrected chi connectivity index (χ2v) is 7.71. The second kappa shape index (κ2) is 10.3. The van der Waals surface area contributed by atoms with E-state index < -0.39 is 16.6 Å². The number of sulfonamides is 1. The maximum Gasteiger partial charge on any atom is 0.387 e. The van der Waals surface area contributed by atoms with Crippen LogP contribution < -0.4 is 14.4 Å². The summed E-state index contributed by atoms with van der Waals surface area (Å²) in [5.74, 6) is -0.299. The van der Waals surface area contributed by atoms with Gasteiger partial charge in [-0.1, -0.05) is 11.0 Å². The molecule has 164 valence electrons. The minimum Gasteiger partial charge on any atom is -0.490 e. The smallest absolute Gasteiger partial charge is 0.387 e. The number of ether oxygens (including phenoxy) is 2. The molecule has 8 nitrogen and oxygen atoms in total. The lowest BCUT2D eigenvalue weighted by atomic mass is 10.1. The van der Waals surface area contributed by atoms with Crippen LogP contribution in [0.5, 0.6) is 11.5 Å². The molecule has 0 spiro atoms. The monoisotopic (exact) mass is 444 g/mol. The Morgan fingerprint density at radius 2 is 1.80 bits per heavy atom. The van der Waals surface area contributed by atoms with Gasteiger partial charge in [-0.15, -0.1) is 0 Å². The van der Waals surface area contributed by atoms with Crippen LogP contribution in [0.2, 0.25) is 0 Å². The molecule has 30 heavy (non-hydrogen) atoms. The first-order chi connectivity index (χ1) is 14.2. The van der Waals surface area contributed by atoms with Crippen molar-refractivity contribution in [2.45, 2.75) is 25.0 Å². The van der Waals surface area contributed by atoms with Gasteiger partial charge in [0.2, 0.25) is 0 Å². The molecule has 0 fully saturated rings. The van der Waals surface area contributed by atoms with Crippen LogP contribution in [0.1, 0.15) is 22.8 Å². The van der Waals surface area contributed by atoms with Crippen LogP contribution >= 0.6 is 0 Å². The number of amides is 1. The third-order valence-electron chi connectivity index (χ3n) is 3.90. The molecule has 0 heterocycles. The average molecular weight is 444 g/mol. The molecule has 0 saturated carbocycles. The lowest BCUT2D eigenvalue weighted by Crippen LogP contribution is -2.26. The van der Waals surface area contributed by atoms with E-state index in [-0.39, 0.29) is 41.0 Å². The van der Waals surface area contributed by atoms with Gasteiger partial charge in [-0.05, 0) is 48.9 Å². The van der Waals surface area contributed by atoms with Crippen LogP contribution in [-0.2, 0) is 21.4 Å². The normalized spacial score (nSPS) is 11.4. The van der Waals surface area contributed by atoms with Crippen molar-refractivity contribution in [2.75, 3.05) is 20.8 Å². The Labute approximate surface area is 173 Å². The summed E-state index contributed by atoms with van der Waals surface area (Å²) in [6.45, 7) is -0.852. The molecule has 11 heteroatoms. The molecule has 0 bridgehead atoms. The number of hydrogen-bond donors (Lipinski definition) is 1. The van der Waals surface area contributed by atoms with Crippen molar-refractivity contribution in [1.29, 1.82) is 0 Å². The first-order valence-electron chi connectivity index (χ1n) is 8.78. The van der Waals surface area contributed by atoms with Crippen molar-refractivity contribution in [3.8, 4) is 11.5 Å². The van der Waals surface area contributed by atoms with Crippen LogP contribution in [0, 0.1) is 0 Å². The Balaban J connectivity index is 2.14. The van der Waals surface area contributed by atoms with Crippen LogP contribution in [0.3, 0.4) is 0 Å². The number of rotatable bonds is 10. The van der Waals surface area contributed by atoms with Crippen LogP contribution in [0.25, 0.3) is 0 Å². The SMILES string of the molecule is CCOc1cc(CN(C)C(=O)c2ccc(S(=O)(=O)NOC)cc2)ccc1OC(F)F. The Hall–Kier alpha value is -2.76. The molecule has 0 aromatic heterocycles. The molecule has 2 rings (SSSR count). The molecule has 0 radical (unpaired) electrons. The summed E-state index contributed by atoms with van der Waals surface area (Å²) in [4.78, 5) is 20.3. The molecule has 2 aromatic rings. The van der Waals surface area contributed by atoms with Gasteiger partial charge in [0.25, 0.3) is 15.9 Å². The summed E-state index contributed by atoms with van der Waals surface area (Å²) in [6.07, 6.45) is 0. The molecular weight excluding hydrogens is 422 g/mol. The number of carbonyl (C=O) groups excluding carboxylic acids is 1. The van der Waals surface area contributed by atoms with Crippen LogP contribution in [-0.4, -0.2) is 46.6 Å². The molecule has 2 aromatic carbocycles. The predicted octanol–water partition coefficient (Wildman–Crippen LogP) is 2.80. The Morgan fingerprint density at radius 3 is 2.37 bits per heavy atom. The summed E-state index contributed by atoms with van der Waals surface area (Å²) in [6, 6.07) is 9.77. The van der Waals surface area contributed by atoms with Gasteiger partial charge >= 0.3 is 6.61 Å². The van der Waals surface area contributed by atoms with Crippen molar-refractivity contribution < 1.29 is 36.3 Å². The number of alkyl halides is 2. The van der Waals surface area contributed by atoms with E-state index in [2.05, 4.69) is 9.57 Å². The van der Waals surface area contributed by atoms with Crippen molar-refractivity contribution >= 4 is 15.9 Å². The summed E-state index contributed by atoms with van der Waals surface area (Å²) in [5.41, 5.74) is 0.913. The predicted molar refractivity (Wildman–Crippen MR) is 104 cm³/mol. The van der Waals surface area contributed by atoms with Gasteiger partial charge in [0.1, 0.15) is 0 Å². The maximum atomic E-state index is 12.6. The fourth-order valence-corrected chi connectivity index (χ4v) is 3.42. The second-order valence-electron chi connectivity index (χ2n) is 6.07. The van der Waals surface area contributed by atoms with Gasteiger partial charge in [-0.25, -0.2) is 8.42 Å². The zero-order chi connectivity index (χ0) is 22.3. The number of nitrogens with one attached hydrogen (secondary N) is 1. The minimum atomic E-state index is -3.82. The molecule has 0 atom stereocenters. The molecule has 1 N–H and O–H groups in total. The van der Waals surface area contributed by atoms with Crippen LogP contribution in [0.4, 0.5) is 8.78 Å². The first-order valence-corrected chi connectivity index (χ1v) is 10.3. The summed E-state index contributed by atoms with van der Waals surface area (Å²) in [7, 11) is -1.09. The third-order valence-corrected chi connectivity index (χ3v) is 5.17. The highest BCUT2D eigenvalue weighted by atomic mass is 32.2. The fourth-order valence-electron chi connectivity index (χ4n) is 2.61. The van der Waals surface area contributed by atoms with E-state index in [0.29, 0.717) is 5.56 Å². The lowest BCUT2D eigenvalue weighted by Gasteiger charge is -2.19. The zero-order valence-electron chi connectivity index (χ0n) is 16.6. The van der Waals surface area contributed by atoms with E-state index in [1.54, 1.807) is 20.0 Å². The summed E-state index contributed by atoms with van der Waals surface area (Å²) in [5, 5.41) is 0. The standard InChI is InChI=1S/C19H22F2N2O6S/c1-4-28-17-11-13(5-10-16(17)29-19(20)21)12-23(2)18(24)14-6-8-15(9-7-14)30(25,26)22-27-3/h5-11,19,22H,4,12H2,1-3H3. The maximum absolute atomic E-state index is 12.6. The Kier molecular flexibility index (Phi) is 8.09. The zero-order valence-corrected chi connectivity index (χ0v) is 17.4. The number of carbonyl (C=O) groups is 1. The van der Waals surface area contributed by atoms with Gasteiger partial charge in [0, 0.05) is 19.2 Å². The van der Waals surface area contributed by atoms with E-state index in [1.807, 2.05) is 4.89 Å². The van der Waals surface area contributed by atoms with Gasteiger partial charge in [0.05, 0.1) is 18.6 Å². The van der Waals surface area contributed by atoms with E-state index in [0.717, 1.165) is 0 Å². The van der Waals surface area contributed by atoms with Gasteiger partial charge in [-0.3, -0.25) is 9.63 Å². The average Bonchev–Trinajstić information content (AvgIpc) is 2.69. The highest BCUT2D eigenvalue weighted by Gasteiger charge is 2.18. The molecule has 0 unspecified atom stereocenters. The van der Waals surface area contributed by atoms with E-state index in [1.165, 1.54) is 48.4 Å². The highest BCUT2D eigenvalue weighted by molar-refractivity contribution is 7.89. The van der Waals surface area contributed by atoms with E-state index >= 15 is 0 Å². The minimum absolute atomic E-state index is 0.0560. The third kappa shape index (κ3) is 6.12. The molecule has 0 saturated heterocycles. The number of benzene rings is 2. The molecule has 0 aliphatic rings. The largest absolute Gasteiger partial charge is 0.490 e. The van der Waals surface area contributed by atoms with Gasteiger partial charge in [0.15, 0.2) is 11.5 Å². The van der Waals surface area contributed by atoms with Gasteiger partial charge in [-0.2, -0.15) is 8.78 Å². The number of nitrogens with zero attached hydrogens (tertiary/aromatic N) is 1. The van der Waals surface area contributed by atoms with E-state index in [4.69, 9.17) is 4.74 Å². The fraction of sp³-hybridized carbons (Fsp3) is 0.316. The van der Waals surface area contributed by atoms with Crippen molar-refractivity contribution in [3.05, 3.63) is 53.6 Å². The van der Waals surface area contributed by atoms with Crippen molar-refractivity contribution in [3.63, 3.8) is 0 Å². The molecule has 0 aliphatic heterocycles. The van der Waals surface area contributed by atoms with Crippen molar-refractivity contribution in [1.82, 2.24) is 9.79 Å². The topological polar surface area (TPSA) is 94.2 Å². The summed E-state index contributed by atoms with van der Waals surface area (Å²) >= 11 is 0. The quantitative estimate of drug-likeness (QED) is 0.567. The Morgan fingerprint density at radius 1 is 1.13 bits per heavy atom. The molecule has 0 aliphatic carbocycles. The van der Waals surface area contributed by atoms with Crippen LogP contribution in [0.15, 0.2) is 47.4 Å². The molecule has 1 amide bonds. The molecular formula is C19H22F2N2O6S.